The summed E-state index contributed by atoms with van der Waals surface area (Å²) >= 11 is 1.20. The van der Waals surface area contributed by atoms with Crippen molar-refractivity contribution in [1.29, 1.82) is 0 Å². The Morgan fingerprint density at radius 1 is 1.31 bits per heavy atom. The Bertz CT molecular complexity index is 993. The third-order valence-electron chi connectivity index (χ3n) is 3.85. The van der Waals surface area contributed by atoms with Gasteiger partial charge in [-0.2, -0.15) is 0 Å². The maximum atomic E-state index is 12.5. The molecule has 1 atom stereocenters. The zero-order valence-electron chi connectivity index (χ0n) is 14.3. The van der Waals surface area contributed by atoms with Crippen molar-refractivity contribution in [1.82, 2.24) is 14.5 Å². The lowest BCUT2D eigenvalue weighted by Crippen LogP contribution is -2.22. The standard InChI is InChI=1S/C17H18N4O3S2/c1-12-3-5-15(6-4-12)26(23,24)10-14-9-25-17(19-14)20-16(22)13(2)21-8-7-18-11-21/h3-9,11,13H,10H2,1-2H3,(H,19,20,22)/t13-/m0/s1. The van der Waals surface area contributed by atoms with Crippen molar-refractivity contribution in [2.75, 3.05) is 5.32 Å². The van der Waals surface area contributed by atoms with Crippen LogP contribution < -0.4 is 5.32 Å². The second-order valence-corrected chi connectivity index (χ2v) is 8.74. The van der Waals surface area contributed by atoms with Gasteiger partial charge >= 0.3 is 0 Å². The first-order valence-corrected chi connectivity index (χ1v) is 10.4. The summed E-state index contributed by atoms with van der Waals surface area (Å²) < 4.78 is 26.6. The molecule has 9 heteroatoms. The van der Waals surface area contributed by atoms with E-state index in [0.29, 0.717) is 10.8 Å². The van der Waals surface area contributed by atoms with Gasteiger partial charge in [-0.25, -0.2) is 18.4 Å². The third-order valence-corrected chi connectivity index (χ3v) is 6.32. The summed E-state index contributed by atoms with van der Waals surface area (Å²) in [5, 5.41) is 4.72. The number of anilines is 1. The van der Waals surface area contributed by atoms with Crippen LogP contribution in [0.25, 0.3) is 0 Å². The van der Waals surface area contributed by atoms with Crippen molar-refractivity contribution in [3.63, 3.8) is 0 Å². The van der Waals surface area contributed by atoms with Crippen LogP contribution >= 0.6 is 11.3 Å². The molecule has 0 radical (unpaired) electrons. The average molecular weight is 390 g/mol. The second-order valence-electron chi connectivity index (χ2n) is 5.89. The SMILES string of the molecule is Cc1ccc(S(=O)(=O)Cc2csc(NC(=O)[C@H](C)n3ccnc3)n2)cc1. The Morgan fingerprint density at radius 3 is 2.69 bits per heavy atom. The molecular formula is C17H18N4O3S2. The lowest BCUT2D eigenvalue weighted by Gasteiger charge is -2.11. The summed E-state index contributed by atoms with van der Waals surface area (Å²) in [5.41, 5.74) is 1.40. The number of rotatable bonds is 6. The smallest absolute Gasteiger partial charge is 0.248 e. The van der Waals surface area contributed by atoms with Crippen LogP contribution in [0.1, 0.15) is 24.2 Å². The maximum Gasteiger partial charge on any atom is 0.248 e. The summed E-state index contributed by atoms with van der Waals surface area (Å²) in [7, 11) is -3.48. The van der Waals surface area contributed by atoms with Crippen molar-refractivity contribution in [3.05, 3.63) is 59.6 Å². The number of carbonyl (C=O) groups is 1. The number of aromatic nitrogens is 3. The first kappa shape index (κ1) is 18.3. The highest BCUT2D eigenvalue weighted by Crippen LogP contribution is 2.22. The van der Waals surface area contributed by atoms with E-state index in [1.54, 1.807) is 59.9 Å². The summed E-state index contributed by atoms with van der Waals surface area (Å²) in [6.07, 6.45) is 4.86. The quantitative estimate of drug-likeness (QED) is 0.698. The van der Waals surface area contributed by atoms with Crippen LogP contribution in [0.15, 0.2) is 53.3 Å². The molecule has 2 heterocycles. The van der Waals surface area contributed by atoms with E-state index in [0.717, 1.165) is 5.56 Å². The summed E-state index contributed by atoms with van der Waals surface area (Å²) in [6, 6.07) is 6.26. The summed E-state index contributed by atoms with van der Waals surface area (Å²) in [6.45, 7) is 3.64. The number of carbonyl (C=O) groups excluding carboxylic acids is 1. The molecule has 3 rings (SSSR count). The minimum absolute atomic E-state index is 0.209. The largest absolute Gasteiger partial charge is 0.325 e. The van der Waals surface area contributed by atoms with Crippen LogP contribution in [-0.2, 0) is 20.4 Å². The Labute approximate surface area is 155 Å². The van der Waals surface area contributed by atoms with Gasteiger partial charge in [0, 0.05) is 17.8 Å². The fourth-order valence-corrected chi connectivity index (χ4v) is 4.37. The van der Waals surface area contributed by atoms with Crippen LogP contribution in [-0.4, -0.2) is 28.9 Å². The minimum Gasteiger partial charge on any atom is -0.325 e. The van der Waals surface area contributed by atoms with Gasteiger partial charge in [-0.1, -0.05) is 17.7 Å². The number of amides is 1. The lowest BCUT2D eigenvalue weighted by molar-refractivity contribution is -0.118. The first-order valence-electron chi connectivity index (χ1n) is 7.87. The van der Waals surface area contributed by atoms with Crippen LogP contribution in [0, 0.1) is 6.92 Å². The molecule has 0 bridgehead atoms. The average Bonchev–Trinajstić information content (AvgIpc) is 3.26. The van der Waals surface area contributed by atoms with E-state index >= 15 is 0 Å². The topological polar surface area (TPSA) is 94.0 Å². The number of imidazole rings is 1. The first-order chi connectivity index (χ1) is 12.3. The van der Waals surface area contributed by atoms with Gasteiger partial charge in [0.2, 0.25) is 5.91 Å². The predicted molar refractivity (Wildman–Crippen MR) is 99.8 cm³/mol. The number of sulfone groups is 1. The van der Waals surface area contributed by atoms with E-state index in [9.17, 15) is 13.2 Å². The van der Waals surface area contributed by atoms with Crippen LogP contribution in [0.4, 0.5) is 5.13 Å². The molecule has 2 aromatic heterocycles. The van der Waals surface area contributed by atoms with E-state index in [-0.39, 0.29) is 16.6 Å². The van der Waals surface area contributed by atoms with Gasteiger partial charge < -0.3 is 9.88 Å². The van der Waals surface area contributed by atoms with Gasteiger partial charge in [0.15, 0.2) is 15.0 Å². The number of aryl methyl sites for hydroxylation is 1. The molecule has 0 aliphatic carbocycles. The molecule has 26 heavy (non-hydrogen) atoms. The molecule has 3 aromatic rings. The van der Waals surface area contributed by atoms with E-state index in [1.165, 1.54) is 11.3 Å². The van der Waals surface area contributed by atoms with Crippen molar-refractivity contribution >= 4 is 32.2 Å². The van der Waals surface area contributed by atoms with Gasteiger partial charge in [0.05, 0.1) is 22.7 Å². The highest BCUT2D eigenvalue weighted by molar-refractivity contribution is 7.90. The van der Waals surface area contributed by atoms with Gasteiger partial charge in [-0.05, 0) is 26.0 Å². The molecule has 1 amide bonds. The second kappa shape index (κ2) is 7.38. The number of nitrogens with one attached hydrogen (secondary N) is 1. The van der Waals surface area contributed by atoms with Crippen LogP contribution in [0.5, 0.6) is 0 Å². The van der Waals surface area contributed by atoms with Crippen molar-refractivity contribution < 1.29 is 13.2 Å². The van der Waals surface area contributed by atoms with Crippen molar-refractivity contribution in [3.8, 4) is 0 Å². The van der Waals surface area contributed by atoms with Crippen molar-refractivity contribution in [2.24, 2.45) is 0 Å². The Morgan fingerprint density at radius 2 is 2.04 bits per heavy atom. The Balaban J connectivity index is 1.68. The lowest BCUT2D eigenvalue weighted by atomic mass is 10.2. The number of hydrogen-bond acceptors (Lipinski definition) is 6. The number of nitrogens with zero attached hydrogens (tertiary/aromatic N) is 3. The molecule has 0 fully saturated rings. The van der Waals surface area contributed by atoms with E-state index in [1.807, 2.05) is 6.92 Å². The van der Waals surface area contributed by atoms with E-state index in [4.69, 9.17) is 0 Å². The van der Waals surface area contributed by atoms with E-state index < -0.39 is 15.9 Å². The molecule has 1 N–H and O–H groups in total. The normalized spacial score (nSPS) is 12.7. The number of thiazole rings is 1. The van der Waals surface area contributed by atoms with Crippen LogP contribution in [0.2, 0.25) is 0 Å². The van der Waals surface area contributed by atoms with Gasteiger partial charge in [-0.15, -0.1) is 11.3 Å². The molecule has 1 aromatic carbocycles. The van der Waals surface area contributed by atoms with Gasteiger partial charge in [0.1, 0.15) is 6.04 Å². The fraction of sp³-hybridized carbons (Fsp3) is 0.235. The molecule has 0 saturated carbocycles. The zero-order chi connectivity index (χ0) is 18.7. The van der Waals surface area contributed by atoms with E-state index in [2.05, 4.69) is 15.3 Å². The summed E-state index contributed by atoms with van der Waals surface area (Å²) in [5.74, 6) is -0.454. The Hall–Kier alpha value is -2.52. The molecular weight excluding hydrogens is 372 g/mol. The number of benzene rings is 1. The molecule has 0 saturated heterocycles. The summed E-state index contributed by atoms with van der Waals surface area (Å²) in [4.78, 5) is 20.6. The Kier molecular flexibility index (Phi) is 5.19. The van der Waals surface area contributed by atoms with Gasteiger partial charge in [0.25, 0.3) is 0 Å². The molecule has 0 aliphatic rings. The van der Waals surface area contributed by atoms with Crippen LogP contribution in [0.3, 0.4) is 0 Å². The molecule has 0 spiro atoms. The highest BCUT2D eigenvalue weighted by Gasteiger charge is 2.19. The number of hydrogen-bond donors (Lipinski definition) is 1. The van der Waals surface area contributed by atoms with Gasteiger partial charge in [-0.3, -0.25) is 4.79 Å². The molecule has 0 aliphatic heterocycles. The zero-order valence-corrected chi connectivity index (χ0v) is 15.9. The molecule has 7 nitrogen and oxygen atoms in total. The third kappa shape index (κ3) is 4.17. The monoisotopic (exact) mass is 390 g/mol. The minimum atomic E-state index is -3.48. The molecule has 136 valence electrons. The highest BCUT2D eigenvalue weighted by atomic mass is 32.2. The predicted octanol–water partition coefficient (Wildman–Crippen LogP) is 2.82. The van der Waals surface area contributed by atoms with Crippen molar-refractivity contribution in [2.45, 2.75) is 30.5 Å². The fourth-order valence-electron chi connectivity index (χ4n) is 2.30. The maximum absolute atomic E-state index is 12.5. The molecule has 0 unspecified atom stereocenters.